The smallest absolute Gasteiger partial charge is 0.243 e. The molecule has 0 radical (unpaired) electrons. The van der Waals surface area contributed by atoms with Gasteiger partial charge < -0.3 is 24.8 Å². The molecule has 3 aliphatic rings. The lowest BCUT2D eigenvalue weighted by atomic mass is 9.93. The van der Waals surface area contributed by atoms with Crippen LogP contribution in [0, 0.1) is 5.92 Å². The molecule has 0 saturated carbocycles. The molecule has 1 aromatic rings. The van der Waals surface area contributed by atoms with E-state index in [0.717, 1.165) is 30.4 Å². The van der Waals surface area contributed by atoms with Crippen LogP contribution >= 0.6 is 0 Å². The summed E-state index contributed by atoms with van der Waals surface area (Å²) in [5, 5.41) is 5.81. The van der Waals surface area contributed by atoms with E-state index in [4.69, 9.17) is 14.2 Å². The van der Waals surface area contributed by atoms with E-state index in [9.17, 15) is 19.2 Å². The van der Waals surface area contributed by atoms with Gasteiger partial charge in [-0.25, -0.2) is 0 Å². The maximum absolute atomic E-state index is 13.7. The highest BCUT2D eigenvalue weighted by Gasteiger charge is 2.50. The molecule has 224 valence electrons. The van der Waals surface area contributed by atoms with Gasteiger partial charge in [0.1, 0.15) is 23.2 Å². The molecule has 2 heterocycles. The van der Waals surface area contributed by atoms with E-state index in [2.05, 4.69) is 16.7 Å². The lowest BCUT2D eigenvalue weighted by molar-refractivity contribution is -0.134. The summed E-state index contributed by atoms with van der Waals surface area (Å²) in [4.78, 5) is 55.0. The molecule has 4 unspecified atom stereocenters. The van der Waals surface area contributed by atoms with E-state index < -0.39 is 29.5 Å². The van der Waals surface area contributed by atoms with Gasteiger partial charge in [-0.1, -0.05) is 30.7 Å². The zero-order chi connectivity index (χ0) is 29.4. The minimum Gasteiger partial charge on any atom is -0.497 e. The van der Waals surface area contributed by atoms with Crippen molar-refractivity contribution in [2.75, 3.05) is 46.6 Å². The van der Waals surface area contributed by atoms with Gasteiger partial charge in [0.2, 0.25) is 11.8 Å². The van der Waals surface area contributed by atoms with E-state index >= 15 is 0 Å². The highest BCUT2D eigenvalue weighted by molar-refractivity contribution is 5.98. The number of Topliss-reactive ketones (excluding diaryl/α,β-unsaturated/α-hetero) is 2. The van der Waals surface area contributed by atoms with E-state index in [1.54, 1.807) is 33.1 Å². The molecule has 1 aliphatic carbocycles. The number of carbonyl (C=O) groups excluding carboxylic acids is 4. The van der Waals surface area contributed by atoms with Crippen LogP contribution in [0.2, 0.25) is 0 Å². The highest BCUT2D eigenvalue weighted by Crippen LogP contribution is 2.31. The van der Waals surface area contributed by atoms with Crippen LogP contribution < -0.4 is 15.4 Å². The zero-order valence-electron chi connectivity index (χ0n) is 24.4. The van der Waals surface area contributed by atoms with Crippen LogP contribution in [0.25, 0.3) is 0 Å². The van der Waals surface area contributed by atoms with E-state index in [0.29, 0.717) is 45.1 Å². The normalized spacial score (nSPS) is 22.7. The Kier molecular flexibility index (Phi) is 10.7. The largest absolute Gasteiger partial charge is 0.497 e. The zero-order valence-corrected chi connectivity index (χ0v) is 24.4. The van der Waals surface area contributed by atoms with Gasteiger partial charge in [-0.2, -0.15) is 0 Å². The molecule has 0 aromatic heterocycles. The van der Waals surface area contributed by atoms with Crippen molar-refractivity contribution in [3.05, 3.63) is 41.5 Å². The van der Waals surface area contributed by atoms with E-state index in [1.165, 1.54) is 0 Å². The molecule has 41 heavy (non-hydrogen) atoms. The number of epoxide rings is 1. The van der Waals surface area contributed by atoms with Gasteiger partial charge in [0.25, 0.3) is 0 Å². The molecular formula is C31H43N3O7. The Morgan fingerprint density at radius 3 is 2.32 bits per heavy atom. The number of ketones is 2. The van der Waals surface area contributed by atoms with Crippen LogP contribution in [0.15, 0.2) is 35.9 Å². The molecule has 0 spiro atoms. The molecule has 1 aromatic carbocycles. The molecule has 2 fully saturated rings. The first-order valence-corrected chi connectivity index (χ1v) is 14.6. The number of nitrogens with zero attached hydrogens (tertiary/aromatic N) is 1. The average Bonchev–Trinajstić information content (AvgIpc) is 3.51. The fourth-order valence-corrected chi connectivity index (χ4v) is 5.31. The summed E-state index contributed by atoms with van der Waals surface area (Å²) in [6, 6.07) is 5.58. The number of nitrogens with one attached hydrogen (secondary N) is 2. The molecule has 4 rings (SSSR count). The van der Waals surface area contributed by atoms with Crippen molar-refractivity contribution in [3.63, 3.8) is 0 Å². The molecule has 10 nitrogen and oxygen atoms in total. The van der Waals surface area contributed by atoms with Gasteiger partial charge in [-0.3, -0.25) is 24.1 Å². The molecular weight excluding hydrogens is 526 g/mol. The number of amides is 2. The fraction of sp³-hybridized carbons (Fsp3) is 0.613. The first kappa shape index (κ1) is 30.9. The maximum atomic E-state index is 13.7. The number of hydrogen-bond donors (Lipinski definition) is 2. The Hall–Kier alpha value is -3.08. The van der Waals surface area contributed by atoms with Gasteiger partial charge in [-0.15, -0.1) is 0 Å². The van der Waals surface area contributed by atoms with Crippen molar-refractivity contribution in [1.29, 1.82) is 0 Å². The molecule has 2 N–H and O–H groups in total. The van der Waals surface area contributed by atoms with Crippen molar-refractivity contribution < 1.29 is 33.4 Å². The number of allylic oxidation sites excluding steroid dienone is 1. The third kappa shape index (κ3) is 8.95. The summed E-state index contributed by atoms with van der Waals surface area (Å²) in [5.74, 6) is -0.946. The Morgan fingerprint density at radius 1 is 1.02 bits per heavy atom. The number of morpholine rings is 1. The highest BCUT2D eigenvalue weighted by atomic mass is 16.6. The van der Waals surface area contributed by atoms with Crippen molar-refractivity contribution in [1.82, 2.24) is 15.5 Å². The Balaban J connectivity index is 1.44. The number of carbonyl (C=O) groups is 4. The van der Waals surface area contributed by atoms with Crippen LogP contribution in [-0.2, 0) is 35.1 Å². The lowest BCUT2D eigenvalue weighted by Crippen LogP contribution is -2.55. The third-order valence-electron chi connectivity index (χ3n) is 8.05. The molecule has 4 atom stereocenters. The number of methoxy groups -OCH3 is 1. The topological polar surface area (TPSA) is 127 Å². The van der Waals surface area contributed by atoms with Crippen LogP contribution in [0.5, 0.6) is 5.75 Å². The predicted octanol–water partition coefficient (Wildman–Crippen LogP) is 1.99. The van der Waals surface area contributed by atoms with Gasteiger partial charge in [0, 0.05) is 31.8 Å². The maximum Gasteiger partial charge on any atom is 0.243 e. The second-order valence-corrected chi connectivity index (χ2v) is 11.5. The number of benzene rings is 1. The molecule has 10 heteroatoms. The van der Waals surface area contributed by atoms with Crippen LogP contribution in [-0.4, -0.2) is 92.5 Å². The number of ether oxygens (including phenoxy) is 3. The summed E-state index contributed by atoms with van der Waals surface area (Å²) in [7, 11) is 1.58. The number of rotatable bonds is 15. The predicted molar refractivity (Wildman–Crippen MR) is 153 cm³/mol. The van der Waals surface area contributed by atoms with Crippen molar-refractivity contribution in [2.45, 2.75) is 70.1 Å². The van der Waals surface area contributed by atoms with Gasteiger partial charge in [0.05, 0.1) is 39.5 Å². The van der Waals surface area contributed by atoms with E-state index in [1.807, 2.05) is 17.0 Å². The second kappa shape index (κ2) is 14.2. The Morgan fingerprint density at radius 2 is 1.71 bits per heavy atom. The SMILES string of the molecule is COc1ccc(CC(NC(=O)C(C)CC(=O)CN2CCOCC2)C(=O)NC(CC2=CCCC2)C(=O)C2(C)CO2)cc1. The van der Waals surface area contributed by atoms with Crippen LogP contribution in [0.3, 0.4) is 0 Å². The number of hydrogen-bond acceptors (Lipinski definition) is 8. The van der Waals surface area contributed by atoms with Crippen LogP contribution in [0.1, 0.15) is 51.5 Å². The first-order chi connectivity index (χ1) is 19.7. The second-order valence-electron chi connectivity index (χ2n) is 11.5. The van der Waals surface area contributed by atoms with Gasteiger partial charge in [0.15, 0.2) is 5.78 Å². The molecule has 2 aliphatic heterocycles. The minimum atomic E-state index is -0.937. The summed E-state index contributed by atoms with van der Waals surface area (Å²) >= 11 is 0. The summed E-state index contributed by atoms with van der Waals surface area (Å²) in [6.07, 6.45) is 5.76. The summed E-state index contributed by atoms with van der Waals surface area (Å²) < 4.78 is 16.0. The summed E-state index contributed by atoms with van der Waals surface area (Å²) in [6.45, 7) is 6.61. The Labute approximate surface area is 242 Å². The molecule has 2 amide bonds. The van der Waals surface area contributed by atoms with Crippen molar-refractivity contribution >= 4 is 23.4 Å². The fourth-order valence-electron chi connectivity index (χ4n) is 5.31. The molecule has 0 bridgehead atoms. The van der Waals surface area contributed by atoms with Gasteiger partial charge in [-0.05, 0) is 50.3 Å². The first-order valence-electron chi connectivity index (χ1n) is 14.6. The third-order valence-corrected chi connectivity index (χ3v) is 8.05. The van der Waals surface area contributed by atoms with E-state index in [-0.39, 0.29) is 36.9 Å². The quantitative estimate of drug-likeness (QED) is 0.243. The minimum absolute atomic E-state index is 0.0288. The average molecular weight is 570 g/mol. The lowest BCUT2D eigenvalue weighted by Gasteiger charge is -2.27. The monoisotopic (exact) mass is 569 g/mol. The summed E-state index contributed by atoms with van der Waals surface area (Å²) in [5.41, 5.74) is 1.08. The molecule has 2 saturated heterocycles. The Bertz CT molecular complexity index is 1120. The standard InChI is InChI=1S/C31H43N3O7/c1-21(16-24(35)19-34-12-14-40-15-13-34)29(37)33-27(18-23-8-10-25(39-3)11-9-23)30(38)32-26(17-22-6-4-5-7-22)28(36)31(2)20-41-31/h6,8-11,21,26-27H,4-5,7,12-20H2,1-3H3,(H,32,38)(H,33,37). The van der Waals surface area contributed by atoms with Crippen molar-refractivity contribution in [2.24, 2.45) is 5.92 Å². The van der Waals surface area contributed by atoms with Gasteiger partial charge >= 0.3 is 0 Å². The van der Waals surface area contributed by atoms with Crippen LogP contribution in [0.4, 0.5) is 0 Å². The van der Waals surface area contributed by atoms with Crippen molar-refractivity contribution in [3.8, 4) is 5.75 Å².